The summed E-state index contributed by atoms with van der Waals surface area (Å²) in [6.07, 6.45) is 4.14. The van der Waals surface area contributed by atoms with Crippen LogP contribution in [0.15, 0.2) is 27.8 Å². The molecular weight excluding hydrogens is 525 g/mol. The molecule has 180 valence electrons. The molecule has 1 atom stereocenters. The monoisotopic (exact) mass is 561 g/mol. The first-order valence-electron chi connectivity index (χ1n) is 10.8. The molecule has 2 aromatic rings. The highest BCUT2D eigenvalue weighted by atomic mass is 127. The molecule has 0 aliphatic rings. The number of H-pyrrole nitrogens is 1. The molecule has 0 fully saturated rings. The van der Waals surface area contributed by atoms with Crippen molar-refractivity contribution in [3.05, 3.63) is 24.2 Å². The first kappa shape index (κ1) is 27.7. The number of guanidine groups is 1. The van der Waals surface area contributed by atoms with E-state index in [9.17, 15) is 4.79 Å². The van der Waals surface area contributed by atoms with Crippen molar-refractivity contribution in [3.63, 3.8) is 0 Å². The number of ether oxygens (including phenoxy) is 1. The topological polar surface area (TPSA) is 129 Å². The molecule has 1 unspecified atom stereocenters. The number of hydrogen-bond donors (Lipinski definition) is 4. The Hall–Kier alpha value is -2.31. The number of hydrogen-bond acceptors (Lipinski definition) is 6. The first-order chi connectivity index (χ1) is 14.8. The summed E-state index contributed by atoms with van der Waals surface area (Å²) in [7, 11) is 0. The van der Waals surface area contributed by atoms with Crippen LogP contribution in [0.4, 0.5) is 4.79 Å². The number of furan rings is 1. The lowest BCUT2D eigenvalue weighted by atomic mass is 10.1. The van der Waals surface area contributed by atoms with Crippen molar-refractivity contribution in [2.24, 2.45) is 4.99 Å². The zero-order valence-electron chi connectivity index (χ0n) is 19.5. The van der Waals surface area contributed by atoms with Gasteiger partial charge in [-0.25, -0.2) is 14.8 Å². The molecule has 11 heteroatoms. The number of aromatic nitrogens is 3. The predicted molar refractivity (Wildman–Crippen MR) is 135 cm³/mol. The zero-order valence-corrected chi connectivity index (χ0v) is 21.9. The van der Waals surface area contributed by atoms with Crippen molar-refractivity contribution < 1.29 is 13.9 Å². The largest absolute Gasteiger partial charge is 0.461 e. The third-order valence-electron chi connectivity index (χ3n) is 4.14. The molecular formula is C21H36IN7O3. The fourth-order valence-corrected chi connectivity index (χ4v) is 2.75. The van der Waals surface area contributed by atoms with Crippen molar-refractivity contribution in [1.82, 2.24) is 31.1 Å². The van der Waals surface area contributed by atoms with Gasteiger partial charge in [-0.2, -0.15) is 0 Å². The lowest BCUT2D eigenvalue weighted by Gasteiger charge is -2.24. The second kappa shape index (κ2) is 14.0. The van der Waals surface area contributed by atoms with Crippen molar-refractivity contribution in [3.8, 4) is 11.6 Å². The van der Waals surface area contributed by atoms with Gasteiger partial charge in [0.1, 0.15) is 18.0 Å². The van der Waals surface area contributed by atoms with E-state index < -0.39 is 11.7 Å². The molecule has 0 aliphatic heterocycles. The minimum absolute atomic E-state index is 0. The Morgan fingerprint density at radius 2 is 2.09 bits per heavy atom. The van der Waals surface area contributed by atoms with E-state index in [0.29, 0.717) is 43.0 Å². The Morgan fingerprint density at radius 3 is 2.72 bits per heavy atom. The van der Waals surface area contributed by atoms with E-state index in [1.54, 1.807) is 18.4 Å². The SMILES string of the molecule is CCCCC(CNC(=O)OC(C)(C)C)NC(=NCc1nc(-c2ccco2)n[nH]1)NCC.I. The number of amides is 1. The van der Waals surface area contributed by atoms with Crippen LogP contribution in [0.1, 0.15) is 59.7 Å². The van der Waals surface area contributed by atoms with E-state index in [1.165, 1.54) is 0 Å². The Kier molecular flexibility index (Phi) is 12.1. The first-order valence-corrected chi connectivity index (χ1v) is 10.8. The molecule has 1 amide bonds. The maximum absolute atomic E-state index is 12.0. The molecule has 2 aromatic heterocycles. The second-order valence-electron chi connectivity index (χ2n) is 8.14. The molecule has 0 saturated carbocycles. The third-order valence-corrected chi connectivity index (χ3v) is 4.14. The van der Waals surface area contributed by atoms with Gasteiger partial charge in [0.2, 0.25) is 5.82 Å². The van der Waals surface area contributed by atoms with Crippen LogP contribution in [0.3, 0.4) is 0 Å². The van der Waals surface area contributed by atoms with E-state index in [-0.39, 0.29) is 30.0 Å². The Balaban J connectivity index is 0.00000512. The third kappa shape index (κ3) is 10.3. The molecule has 2 heterocycles. The van der Waals surface area contributed by atoms with Crippen LogP contribution in [-0.4, -0.2) is 52.0 Å². The highest BCUT2D eigenvalue weighted by Crippen LogP contribution is 2.14. The zero-order chi connectivity index (χ0) is 22.7. The maximum Gasteiger partial charge on any atom is 0.407 e. The lowest BCUT2D eigenvalue weighted by molar-refractivity contribution is 0.0522. The van der Waals surface area contributed by atoms with E-state index >= 15 is 0 Å². The van der Waals surface area contributed by atoms with Gasteiger partial charge in [-0.1, -0.05) is 19.8 Å². The average Bonchev–Trinajstić information content (AvgIpc) is 3.38. The van der Waals surface area contributed by atoms with E-state index in [0.717, 1.165) is 19.3 Å². The van der Waals surface area contributed by atoms with Crippen molar-refractivity contribution in [2.45, 2.75) is 72.1 Å². The van der Waals surface area contributed by atoms with Gasteiger partial charge in [0.25, 0.3) is 0 Å². The van der Waals surface area contributed by atoms with Gasteiger partial charge in [-0.05, 0) is 46.2 Å². The molecule has 32 heavy (non-hydrogen) atoms. The standard InChI is InChI=1S/C21H35N7O3.HI/c1-6-8-10-15(13-24-20(29)31-21(3,4)5)25-19(22-7-2)23-14-17-26-18(28-27-17)16-11-9-12-30-16;/h9,11-12,15H,6-8,10,13-14H2,1-5H3,(H,24,29)(H2,22,23,25)(H,26,27,28);1H. The molecule has 10 nitrogen and oxygen atoms in total. The quantitative estimate of drug-likeness (QED) is 0.197. The fourth-order valence-electron chi connectivity index (χ4n) is 2.75. The molecule has 4 N–H and O–H groups in total. The second-order valence-corrected chi connectivity index (χ2v) is 8.14. The number of aliphatic imine (C=N–C) groups is 1. The van der Waals surface area contributed by atoms with Crippen molar-refractivity contribution in [1.29, 1.82) is 0 Å². The van der Waals surface area contributed by atoms with Gasteiger partial charge in [0.15, 0.2) is 11.7 Å². The minimum Gasteiger partial charge on any atom is -0.461 e. The van der Waals surface area contributed by atoms with Crippen LogP contribution >= 0.6 is 24.0 Å². The van der Waals surface area contributed by atoms with Gasteiger partial charge in [-0.15, -0.1) is 29.1 Å². The normalized spacial score (nSPS) is 12.6. The van der Waals surface area contributed by atoms with Gasteiger partial charge >= 0.3 is 6.09 Å². The maximum atomic E-state index is 12.0. The molecule has 0 saturated heterocycles. The summed E-state index contributed by atoms with van der Waals surface area (Å²) in [5, 5.41) is 16.5. The van der Waals surface area contributed by atoms with Gasteiger partial charge in [0.05, 0.1) is 6.26 Å². The number of rotatable bonds is 10. The number of unbranched alkanes of at least 4 members (excludes halogenated alkanes) is 1. The number of nitrogens with one attached hydrogen (secondary N) is 4. The molecule has 0 aliphatic carbocycles. The van der Waals surface area contributed by atoms with Crippen LogP contribution in [0.2, 0.25) is 0 Å². The van der Waals surface area contributed by atoms with Gasteiger partial charge in [0, 0.05) is 19.1 Å². The summed E-state index contributed by atoms with van der Waals surface area (Å²) in [6.45, 7) is 11.1. The summed E-state index contributed by atoms with van der Waals surface area (Å²) in [6, 6.07) is 3.61. The predicted octanol–water partition coefficient (Wildman–Crippen LogP) is 3.82. The summed E-state index contributed by atoms with van der Waals surface area (Å²) >= 11 is 0. The Labute approximate surface area is 206 Å². The number of carbonyl (C=O) groups excluding carboxylic acids is 1. The van der Waals surface area contributed by atoms with E-state index in [1.807, 2.05) is 27.7 Å². The summed E-state index contributed by atoms with van der Waals surface area (Å²) in [5.41, 5.74) is -0.529. The number of nitrogens with zero attached hydrogens (tertiary/aromatic N) is 3. The van der Waals surface area contributed by atoms with Crippen LogP contribution in [0, 0.1) is 0 Å². The van der Waals surface area contributed by atoms with Crippen LogP contribution in [0.25, 0.3) is 11.6 Å². The lowest BCUT2D eigenvalue weighted by Crippen LogP contribution is -2.49. The van der Waals surface area contributed by atoms with Crippen molar-refractivity contribution >= 4 is 36.0 Å². The highest BCUT2D eigenvalue weighted by molar-refractivity contribution is 14.0. The Bertz CT molecular complexity index is 816. The Morgan fingerprint density at radius 1 is 1.31 bits per heavy atom. The molecule has 0 aromatic carbocycles. The number of carbonyl (C=O) groups is 1. The summed E-state index contributed by atoms with van der Waals surface area (Å²) in [4.78, 5) is 21.0. The molecule has 0 radical (unpaired) electrons. The molecule has 0 bridgehead atoms. The summed E-state index contributed by atoms with van der Waals surface area (Å²) < 4.78 is 10.6. The average molecular weight is 561 g/mol. The molecule has 2 rings (SSSR count). The van der Waals surface area contributed by atoms with Crippen LogP contribution in [-0.2, 0) is 11.3 Å². The van der Waals surface area contributed by atoms with Crippen LogP contribution in [0.5, 0.6) is 0 Å². The van der Waals surface area contributed by atoms with Gasteiger partial charge < -0.3 is 25.1 Å². The minimum atomic E-state index is -0.529. The molecule has 0 spiro atoms. The number of halogens is 1. The highest BCUT2D eigenvalue weighted by Gasteiger charge is 2.18. The van der Waals surface area contributed by atoms with E-state index in [4.69, 9.17) is 9.15 Å². The van der Waals surface area contributed by atoms with Gasteiger partial charge in [-0.3, -0.25) is 5.10 Å². The van der Waals surface area contributed by atoms with Crippen LogP contribution < -0.4 is 16.0 Å². The van der Waals surface area contributed by atoms with Crippen molar-refractivity contribution in [2.75, 3.05) is 13.1 Å². The smallest absolute Gasteiger partial charge is 0.407 e. The van der Waals surface area contributed by atoms with E-state index in [2.05, 4.69) is 43.0 Å². The summed E-state index contributed by atoms with van der Waals surface area (Å²) in [5.74, 6) is 2.37. The number of aromatic amines is 1. The number of alkyl carbamates (subject to hydrolysis) is 1. The fraction of sp³-hybridized carbons (Fsp3) is 0.619.